The van der Waals surface area contributed by atoms with E-state index in [4.69, 9.17) is 9.72 Å². The molecular weight excluding hydrogens is 280 g/mol. The molecule has 3 nitrogen and oxygen atoms in total. The zero-order chi connectivity index (χ0) is 14.8. The lowest BCUT2D eigenvalue weighted by Crippen LogP contribution is -2.06. The lowest BCUT2D eigenvalue weighted by molar-refractivity contribution is 0.412. The predicted octanol–water partition coefficient (Wildman–Crippen LogP) is 4.79. The number of hydrogen-bond donors (Lipinski definition) is 1. The standard InChI is InChI=1S/C17H18N2OS/c1-11-10-13(8-9-15(11)20-3)18-12(2)17-19-14-6-4-5-7-16(14)21-17/h4-10,12,18H,1-3H3. The molecule has 0 fully saturated rings. The smallest absolute Gasteiger partial charge is 0.121 e. The summed E-state index contributed by atoms with van der Waals surface area (Å²) in [6.07, 6.45) is 0. The highest BCUT2D eigenvalue weighted by Gasteiger charge is 2.11. The van der Waals surface area contributed by atoms with E-state index < -0.39 is 0 Å². The number of aromatic nitrogens is 1. The van der Waals surface area contributed by atoms with Crippen molar-refractivity contribution in [2.24, 2.45) is 0 Å². The van der Waals surface area contributed by atoms with Crippen molar-refractivity contribution in [3.8, 4) is 5.75 Å². The predicted molar refractivity (Wildman–Crippen MR) is 89.4 cm³/mol. The minimum absolute atomic E-state index is 0.176. The Kier molecular flexibility index (Phi) is 3.80. The molecule has 3 rings (SSSR count). The van der Waals surface area contributed by atoms with E-state index in [-0.39, 0.29) is 6.04 Å². The van der Waals surface area contributed by atoms with Crippen LogP contribution in [0.1, 0.15) is 23.5 Å². The second-order valence-corrected chi connectivity index (χ2v) is 6.13. The van der Waals surface area contributed by atoms with Crippen molar-refractivity contribution in [1.82, 2.24) is 4.98 Å². The Hall–Kier alpha value is -2.07. The van der Waals surface area contributed by atoms with Gasteiger partial charge in [0.25, 0.3) is 0 Å². The van der Waals surface area contributed by atoms with Gasteiger partial charge in [0.2, 0.25) is 0 Å². The molecule has 1 N–H and O–H groups in total. The summed E-state index contributed by atoms with van der Waals surface area (Å²) in [5.74, 6) is 0.910. The Bertz CT molecular complexity index is 733. The topological polar surface area (TPSA) is 34.1 Å². The molecule has 1 unspecified atom stereocenters. The molecule has 1 heterocycles. The van der Waals surface area contributed by atoms with Crippen LogP contribution in [0.5, 0.6) is 5.75 Å². The van der Waals surface area contributed by atoms with E-state index >= 15 is 0 Å². The quantitative estimate of drug-likeness (QED) is 0.752. The van der Waals surface area contributed by atoms with Crippen molar-refractivity contribution in [3.05, 3.63) is 53.0 Å². The molecule has 0 saturated heterocycles. The molecule has 1 atom stereocenters. The van der Waals surface area contributed by atoms with E-state index in [0.29, 0.717) is 0 Å². The van der Waals surface area contributed by atoms with Crippen LogP contribution in [0.25, 0.3) is 10.2 Å². The van der Waals surface area contributed by atoms with Gasteiger partial charge in [-0.1, -0.05) is 12.1 Å². The molecule has 108 valence electrons. The van der Waals surface area contributed by atoms with Gasteiger partial charge < -0.3 is 10.1 Å². The third-order valence-electron chi connectivity index (χ3n) is 3.46. The van der Waals surface area contributed by atoms with Crippen LogP contribution in [0.3, 0.4) is 0 Å². The SMILES string of the molecule is COc1ccc(NC(C)c2nc3ccccc3s2)cc1C. The number of hydrogen-bond acceptors (Lipinski definition) is 4. The van der Waals surface area contributed by atoms with E-state index in [1.165, 1.54) is 4.70 Å². The van der Waals surface area contributed by atoms with E-state index in [1.807, 2.05) is 25.1 Å². The number of benzene rings is 2. The molecule has 3 aromatic rings. The third kappa shape index (κ3) is 2.85. The summed E-state index contributed by atoms with van der Waals surface area (Å²) < 4.78 is 6.52. The fourth-order valence-electron chi connectivity index (χ4n) is 2.36. The number of para-hydroxylation sites is 1. The van der Waals surface area contributed by atoms with Gasteiger partial charge in [-0.25, -0.2) is 4.98 Å². The molecule has 0 aliphatic rings. The van der Waals surface area contributed by atoms with Gasteiger partial charge in [-0.15, -0.1) is 11.3 Å². The Balaban J connectivity index is 1.82. The first-order valence-electron chi connectivity index (χ1n) is 6.94. The van der Waals surface area contributed by atoms with E-state index in [0.717, 1.165) is 27.5 Å². The third-order valence-corrected chi connectivity index (χ3v) is 4.68. The summed E-state index contributed by atoms with van der Waals surface area (Å²) in [4.78, 5) is 4.70. The number of ether oxygens (including phenoxy) is 1. The van der Waals surface area contributed by atoms with Crippen molar-refractivity contribution in [2.75, 3.05) is 12.4 Å². The number of aryl methyl sites for hydroxylation is 1. The van der Waals surface area contributed by atoms with Gasteiger partial charge in [0, 0.05) is 5.69 Å². The number of methoxy groups -OCH3 is 1. The first-order valence-corrected chi connectivity index (χ1v) is 7.75. The number of nitrogens with zero attached hydrogens (tertiary/aromatic N) is 1. The highest BCUT2D eigenvalue weighted by atomic mass is 32.1. The number of thiazole rings is 1. The molecule has 1 aromatic heterocycles. The van der Waals surface area contributed by atoms with Crippen LogP contribution >= 0.6 is 11.3 Å². The molecule has 4 heteroatoms. The minimum Gasteiger partial charge on any atom is -0.496 e. The lowest BCUT2D eigenvalue weighted by Gasteiger charge is -2.14. The van der Waals surface area contributed by atoms with Crippen molar-refractivity contribution in [3.63, 3.8) is 0 Å². The minimum atomic E-state index is 0.176. The van der Waals surface area contributed by atoms with Crippen LogP contribution in [-0.2, 0) is 0 Å². The molecular formula is C17H18N2OS. The molecule has 0 radical (unpaired) electrons. The maximum absolute atomic E-state index is 5.29. The maximum Gasteiger partial charge on any atom is 0.121 e. The fourth-order valence-corrected chi connectivity index (χ4v) is 3.33. The first kappa shape index (κ1) is 13.9. The Labute approximate surface area is 128 Å². The lowest BCUT2D eigenvalue weighted by atomic mass is 10.2. The number of fused-ring (bicyclic) bond motifs is 1. The number of nitrogens with one attached hydrogen (secondary N) is 1. The number of anilines is 1. The van der Waals surface area contributed by atoms with Crippen molar-refractivity contribution in [1.29, 1.82) is 0 Å². The van der Waals surface area contributed by atoms with Crippen LogP contribution in [0.4, 0.5) is 5.69 Å². The van der Waals surface area contributed by atoms with Gasteiger partial charge in [-0.05, 0) is 49.7 Å². The second-order valence-electron chi connectivity index (χ2n) is 5.07. The van der Waals surface area contributed by atoms with Crippen LogP contribution < -0.4 is 10.1 Å². The van der Waals surface area contributed by atoms with Crippen molar-refractivity contribution < 1.29 is 4.74 Å². The van der Waals surface area contributed by atoms with E-state index in [2.05, 4.69) is 36.5 Å². The first-order chi connectivity index (χ1) is 10.2. The normalized spacial score (nSPS) is 12.3. The van der Waals surface area contributed by atoms with Crippen molar-refractivity contribution in [2.45, 2.75) is 19.9 Å². The molecule has 0 aliphatic carbocycles. The van der Waals surface area contributed by atoms with Crippen molar-refractivity contribution >= 4 is 27.2 Å². The second kappa shape index (κ2) is 5.74. The maximum atomic E-state index is 5.29. The van der Waals surface area contributed by atoms with Gasteiger partial charge in [-0.2, -0.15) is 0 Å². The molecule has 0 saturated carbocycles. The Morgan fingerprint density at radius 2 is 2.00 bits per heavy atom. The highest BCUT2D eigenvalue weighted by molar-refractivity contribution is 7.18. The van der Waals surface area contributed by atoms with Gasteiger partial charge >= 0.3 is 0 Å². The molecule has 0 bridgehead atoms. The van der Waals surface area contributed by atoms with Crippen LogP contribution in [0, 0.1) is 6.92 Å². The van der Waals surface area contributed by atoms with E-state index in [9.17, 15) is 0 Å². The molecule has 2 aromatic carbocycles. The summed E-state index contributed by atoms with van der Waals surface area (Å²) >= 11 is 1.74. The summed E-state index contributed by atoms with van der Waals surface area (Å²) in [6, 6.07) is 14.5. The monoisotopic (exact) mass is 298 g/mol. The summed E-state index contributed by atoms with van der Waals surface area (Å²) in [5, 5.41) is 4.61. The molecule has 21 heavy (non-hydrogen) atoms. The fraction of sp³-hybridized carbons (Fsp3) is 0.235. The largest absolute Gasteiger partial charge is 0.496 e. The Morgan fingerprint density at radius 1 is 1.19 bits per heavy atom. The number of rotatable bonds is 4. The van der Waals surface area contributed by atoms with Crippen LogP contribution in [0.15, 0.2) is 42.5 Å². The summed E-state index contributed by atoms with van der Waals surface area (Å²) in [5.41, 5.74) is 3.27. The van der Waals surface area contributed by atoms with Gasteiger partial charge in [0.15, 0.2) is 0 Å². The summed E-state index contributed by atoms with van der Waals surface area (Å²) in [7, 11) is 1.69. The van der Waals surface area contributed by atoms with E-state index in [1.54, 1.807) is 18.4 Å². The molecule has 0 spiro atoms. The Morgan fingerprint density at radius 3 is 2.71 bits per heavy atom. The van der Waals surface area contributed by atoms with Gasteiger partial charge in [-0.3, -0.25) is 0 Å². The van der Waals surface area contributed by atoms with Gasteiger partial charge in [0.1, 0.15) is 10.8 Å². The average Bonchev–Trinajstić information content (AvgIpc) is 2.91. The van der Waals surface area contributed by atoms with Crippen LogP contribution in [-0.4, -0.2) is 12.1 Å². The van der Waals surface area contributed by atoms with Gasteiger partial charge in [0.05, 0.1) is 23.4 Å². The molecule has 0 aliphatic heterocycles. The van der Waals surface area contributed by atoms with Crippen LogP contribution in [0.2, 0.25) is 0 Å². The molecule has 0 amide bonds. The highest BCUT2D eigenvalue weighted by Crippen LogP contribution is 2.29. The average molecular weight is 298 g/mol. The summed E-state index contributed by atoms with van der Waals surface area (Å²) in [6.45, 7) is 4.18. The zero-order valence-electron chi connectivity index (χ0n) is 12.4. The zero-order valence-corrected chi connectivity index (χ0v) is 13.2.